The van der Waals surface area contributed by atoms with E-state index in [0.717, 1.165) is 28.6 Å². The van der Waals surface area contributed by atoms with E-state index in [1.165, 1.54) is 130 Å². The minimum absolute atomic E-state index is 0. The molecule has 7 aromatic carbocycles. The molecule has 1 aromatic heterocycles. The van der Waals surface area contributed by atoms with Gasteiger partial charge >= 0.3 is 0 Å². The van der Waals surface area contributed by atoms with Gasteiger partial charge in [-0.3, -0.25) is 9.78 Å². The van der Waals surface area contributed by atoms with Gasteiger partial charge in [-0.2, -0.15) is 0 Å². The van der Waals surface area contributed by atoms with E-state index in [2.05, 4.69) is 191 Å². The van der Waals surface area contributed by atoms with E-state index in [4.69, 9.17) is 10.1 Å². The van der Waals surface area contributed by atoms with Crippen molar-refractivity contribution in [2.75, 3.05) is 0 Å². The van der Waals surface area contributed by atoms with Gasteiger partial charge in [0.15, 0.2) is 5.78 Å². The number of fused-ring (bicyclic) bond motifs is 4. The molecule has 9 rings (SSSR count). The predicted molar refractivity (Wildman–Crippen MR) is 269 cm³/mol. The van der Waals surface area contributed by atoms with Crippen molar-refractivity contribution in [2.24, 2.45) is 0 Å². The molecule has 0 saturated carbocycles. The van der Waals surface area contributed by atoms with Gasteiger partial charge in [-0.15, -0.1) is 29.3 Å². The Labute approximate surface area is 399 Å². The maximum absolute atomic E-state index is 10.0. The third-order valence-electron chi connectivity index (χ3n) is 12.7. The predicted octanol–water partition coefficient (Wildman–Crippen LogP) is 16.0. The van der Waals surface area contributed by atoms with Gasteiger partial charge in [0.1, 0.15) is 0 Å². The van der Waals surface area contributed by atoms with E-state index in [-0.39, 0.29) is 37.1 Å². The second-order valence-electron chi connectivity index (χ2n) is 18.0. The summed E-state index contributed by atoms with van der Waals surface area (Å²) < 4.78 is 0. The molecular formula is C61H58IrNO2-. The number of carbonyl (C=O) groups excluding carboxylic acids is 1. The molecule has 1 aliphatic carbocycles. The van der Waals surface area contributed by atoms with Crippen molar-refractivity contribution >= 4 is 16.7 Å². The number of rotatable bonds is 12. The summed E-state index contributed by atoms with van der Waals surface area (Å²) in [4.78, 5) is 15.3. The van der Waals surface area contributed by atoms with Gasteiger partial charge in [0.2, 0.25) is 0 Å². The molecule has 0 aliphatic heterocycles. The van der Waals surface area contributed by atoms with Gasteiger partial charge in [-0.25, -0.2) is 0 Å². The van der Waals surface area contributed by atoms with E-state index in [1.807, 2.05) is 0 Å². The summed E-state index contributed by atoms with van der Waals surface area (Å²) in [7, 11) is 0. The Kier molecular flexibility index (Phi) is 14.9. The Hall–Kier alpha value is -6.19. The van der Waals surface area contributed by atoms with Crippen LogP contribution >= 0.6 is 0 Å². The molecule has 1 N–H and O–H groups in total. The monoisotopic (exact) mass is 1030 g/mol. The molecule has 1 heterocycles. The number of allylic oxidation sites excluding steroid dienone is 2. The Bertz CT molecular complexity index is 2960. The average molecular weight is 1030 g/mol. The number of hydrogen-bond acceptors (Lipinski definition) is 3. The molecule has 0 bridgehead atoms. The van der Waals surface area contributed by atoms with E-state index in [1.54, 1.807) is 0 Å². The quantitative estimate of drug-likeness (QED) is 0.0574. The van der Waals surface area contributed by atoms with Gasteiger partial charge in [0.05, 0.1) is 11.3 Å². The molecule has 3 nitrogen and oxygen atoms in total. The number of benzene rings is 7. The van der Waals surface area contributed by atoms with Crippen molar-refractivity contribution in [1.82, 2.24) is 4.98 Å². The van der Waals surface area contributed by atoms with Crippen LogP contribution in [0.4, 0.5) is 0 Å². The van der Waals surface area contributed by atoms with Gasteiger partial charge in [0, 0.05) is 31.6 Å². The molecule has 329 valence electrons. The minimum atomic E-state index is -0.125. The zero-order chi connectivity index (χ0) is 44.8. The van der Waals surface area contributed by atoms with E-state index < -0.39 is 0 Å². The molecule has 65 heavy (non-hydrogen) atoms. The van der Waals surface area contributed by atoms with Crippen LogP contribution in [0.1, 0.15) is 86.8 Å². The standard InChI is InChI=1S/C56H50N.C5H8O2.Ir/c1-38-32-46(43-25-17-22-41(34-43)21-10-6-5-9-18-40-19-11-7-12-20-40)33-39(2)55(38)45-29-31-53-50(35-45)49(42-23-13-8-14-24-42)37-54(57-53)44-28-30-48-47-26-15-16-27-51(47)56(3,4)52(48)36-44;1-4(6)3-5(2)7;/h7-8,11-17,19-20,22-27,29-37H,5-6,9-10,18,21H2,1-4H3;3,6H,1-2H3;/q-1;;/b;4-3-;. The third kappa shape index (κ3) is 10.7. The number of pyridine rings is 1. The number of carbonyl (C=O) groups is 1. The summed E-state index contributed by atoms with van der Waals surface area (Å²) in [5.74, 6) is -0.0625. The topological polar surface area (TPSA) is 50.2 Å². The van der Waals surface area contributed by atoms with Crippen LogP contribution < -0.4 is 0 Å². The second kappa shape index (κ2) is 20.8. The van der Waals surface area contributed by atoms with Crippen LogP contribution in [0.3, 0.4) is 0 Å². The molecule has 8 aromatic rings. The van der Waals surface area contributed by atoms with Crippen LogP contribution in [0, 0.1) is 19.9 Å². The fourth-order valence-corrected chi connectivity index (χ4v) is 9.61. The Morgan fingerprint density at radius 3 is 1.91 bits per heavy atom. The van der Waals surface area contributed by atoms with Crippen LogP contribution in [0.15, 0.2) is 170 Å². The summed E-state index contributed by atoms with van der Waals surface area (Å²) in [5, 5.41) is 9.52. The van der Waals surface area contributed by atoms with Gasteiger partial charge in [-0.05, 0) is 138 Å². The van der Waals surface area contributed by atoms with Crippen molar-refractivity contribution in [3.05, 3.63) is 209 Å². The number of unbranched alkanes of at least 4 members (excludes halogenated alkanes) is 3. The summed E-state index contributed by atoms with van der Waals surface area (Å²) >= 11 is 0. The fourth-order valence-electron chi connectivity index (χ4n) is 9.61. The molecule has 0 saturated heterocycles. The van der Waals surface area contributed by atoms with Crippen molar-refractivity contribution in [2.45, 2.75) is 85.5 Å². The second-order valence-corrected chi connectivity index (χ2v) is 18.0. The molecular weight excluding hydrogens is 971 g/mol. The van der Waals surface area contributed by atoms with Gasteiger partial charge in [0.25, 0.3) is 0 Å². The van der Waals surface area contributed by atoms with Gasteiger partial charge in [-0.1, -0.05) is 171 Å². The molecule has 1 radical (unpaired) electrons. The molecule has 0 atom stereocenters. The average Bonchev–Trinajstić information content (AvgIpc) is 3.52. The summed E-state index contributed by atoms with van der Waals surface area (Å²) in [6, 6.07) is 61.6. The first-order chi connectivity index (χ1) is 31.0. The van der Waals surface area contributed by atoms with Crippen LogP contribution in [-0.4, -0.2) is 15.9 Å². The number of ketones is 1. The summed E-state index contributed by atoms with van der Waals surface area (Å²) in [6.07, 6.45) is 8.53. The first kappa shape index (κ1) is 46.8. The molecule has 0 amide bonds. The van der Waals surface area contributed by atoms with E-state index in [9.17, 15) is 4.79 Å². The minimum Gasteiger partial charge on any atom is -0.512 e. The van der Waals surface area contributed by atoms with E-state index >= 15 is 0 Å². The van der Waals surface area contributed by atoms with Crippen molar-refractivity contribution in [1.29, 1.82) is 0 Å². The number of nitrogens with zero attached hydrogens (tertiary/aromatic N) is 1. The summed E-state index contributed by atoms with van der Waals surface area (Å²) in [5.41, 5.74) is 21.1. The third-order valence-corrected chi connectivity index (χ3v) is 12.7. The van der Waals surface area contributed by atoms with Gasteiger partial charge < -0.3 is 5.11 Å². The molecule has 0 spiro atoms. The maximum Gasteiger partial charge on any atom is 0.155 e. The Morgan fingerprint density at radius 1 is 0.600 bits per heavy atom. The van der Waals surface area contributed by atoms with Crippen LogP contribution in [0.5, 0.6) is 0 Å². The van der Waals surface area contributed by atoms with E-state index in [0.29, 0.717) is 0 Å². The SMILES string of the molecule is CC(=O)/C=C(/C)O.Cc1cc(-c2cccc(CCCCCCc3ccccc3)c2)cc(C)c1-c1ccc2nc(-c3[c-]cc4c(c3)C(C)(C)c3ccccc3-4)cc(-c3ccccc3)c2c1.[Ir]. The summed E-state index contributed by atoms with van der Waals surface area (Å²) in [6.45, 7) is 12.0. The zero-order valence-electron chi connectivity index (χ0n) is 38.5. The van der Waals surface area contributed by atoms with Crippen LogP contribution in [-0.2, 0) is 43.2 Å². The van der Waals surface area contributed by atoms with Crippen molar-refractivity contribution in [3.63, 3.8) is 0 Å². The normalized spacial score (nSPS) is 12.4. The Balaban J connectivity index is 0.000000730. The molecule has 4 heteroatoms. The largest absolute Gasteiger partial charge is 0.512 e. The van der Waals surface area contributed by atoms with Crippen LogP contribution in [0.2, 0.25) is 0 Å². The number of hydrogen-bond donors (Lipinski definition) is 1. The van der Waals surface area contributed by atoms with Crippen molar-refractivity contribution in [3.8, 4) is 55.8 Å². The molecule has 0 fully saturated rings. The number of aryl methyl sites for hydroxylation is 4. The Morgan fingerprint density at radius 2 is 1.23 bits per heavy atom. The zero-order valence-corrected chi connectivity index (χ0v) is 40.9. The fraction of sp³-hybridized carbons (Fsp3) is 0.213. The number of aliphatic hydroxyl groups excluding tert-OH is 1. The smallest absolute Gasteiger partial charge is 0.155 e. The molecule has 1 aliphatic rings. The number of aromatic nitrogens is 1. The first-order valence-electron chi connectivity index (χ1n) is 22.8. The van der Waals surface area contributed by atoms with Crippen molar-refractivity contribution < 1.29 is 30.0 Å². The maximum atomic E-state index is 10.0. The van der Waals surface area contributed by atoms with Crippen LogP contribution in [0.25, 0.3) is 66.7 Å². The molecule has 0 unspecified atom stereocenters. The number of aliphatic hydroxyl groups is 1. The first-order valence-corrected chi connectivity index (χ1v) is 22.8.